The van der Waals surface area contributed by atoms with E-state index in [0.29, 0.717) is 35.7 Å². The molecule has 0 aliphatic heterocycles. The molecule has 2 aromatic rings. The van der Waals surface area contributed by atoms with Gasteiger partial charge in [-0.1, -0.05) is 12.1 Å². The minimum absolute atomic E-state index is 0.0216. The summed E-state index contributed by atoms with van der Waals surface area (Å²) in [6.45, 7) is 4.65. The number of benzene rings is 1. The van der Waals surface area contributed by atoms with Crippen molar-refractivity contribution in [2.45, 2.75) is 25.4 Å². The van der Waals surface area contributed by atoms with Gasteiger partial charge in [-0.2, -0.15) is 0 Å². The number of aromatic nitrogens is 2. The predicted octanol–water partition coefficient (Wildman–Crippen LogP) is 2.67. The first-order valence-corrected chi connectivity index (χ1v) is 8.22. The van der Waals surface area contributed by atoms with Crippen LogP contribution >= 0.6 is 12.2 Å². The Morgan fingerprint density at radius 1 is 1.52 bits per heavy atom. The maximum absolute atomic E-state index is 10.9. The Bertz CT molecular complexity index is 803. The van der Waals surface area contributed by atoms with E-state index in [0.717, 1.165) is 12.8 Å². The van der Waals surface area contributed by atoms with Gasteiger partial charge in [-0.05, 0) is 31.1 Å². The van der Waals surface area contributed by atoms with E-state index in [4.69, 9.17) is 16.6 Å². The molecule has 0 bridgehead atoms. The summed E-state index contributed by atoms with van der Waals surface area (Å²) < 4.78 is 5.67. The first-order chi connectivity index (χ1) is 12.1. The summed E-state index contributed by atoms with van der Waals surface area (Å²) in [6, 6.07) is 6.48. The van der Waals surface area contributed by atoms with E-state index in [1.54, 1.807) is 18.2 Å². The number of rotatable bonds is 7. The summed E-state index contributed by atoms with van der Waals surface area (Å²) in [5.74, 6) is 0.663. The Balaban J connectivity index is 1.74. The SMILES string of the molecule is C=CCNC(=S)N(Cc1nnc(-c2cccc([N+](=O)[O-])c2)o1)C1CC1. The van der Waals surface area contributed by atoms with Crippen molar-refractivity contribution < 1.29 is 9.34 Å². The number of nitrogens with one attached hydrogen (secondary N) is 1. The fraction of sp³-hybridized carbons (Fsp3) is 0.312. The van der Waals surface area contributed by atoms with E-state index in [1.807, 2.05) is 4.90 Å². The molecule has 0 saturated heterocycles. The van der Waals surface area contributed by atoms with Crippen LogP contribution in [0.15, 0.2) is 41.3 Å². The number of hydrogen-bond donors (Lipinski definition) is 1. The lowest BCUT2D eigenvalue weighted by Crippen LogP contribution is -2.40. The van der Waals surface area contributed by atoms with E-state index in [2.05, 4.69) is 22.1 Å². The molecule has 3 rings (SSSR count). The number of nitro groups is 1. The average Bonchev–Trinajstić information content (AvgIpc) is 3.35. The Hall–Kier alpha value is -2.81. The van der Waals surface area contributed by atoms with Crippen LogP contribution in [0.3, 0.4) is 0 Å². The minimum Gasteiger partial charge on any atom is -0.419 e. The summed E-state index contributed by atoms with van der Waals surface area (Å²) in [7, 11) is 0. The smallest absolute Gasteiger partial charge is 0.270 e. The van der Waals surface area contributed by atoms with Gasteiger partial charge in [0.15, 0.2) is 5.11 Å². The van der Waals surface area contributed by atoms with Crippen molar-refractivity contribution in [1.82, 2.24) is 20.4 Å². The first kappa shape index (κ1) is 17.0. The van der Waals surface area contributed by atoms with E-state index in [9.17, 15) is 10.1 Å². The van der Waals surface area contributed by atoms with Crippen LogP contribution in [0.1, 0.15) is 18.7 Å². The summed E-state index contributed by atoms with van der Waals surface area (Å²) in [4.78, 5) is 12.4. The second-order valence-electron chi connectivity index (χ2n) is 5.64. The number of non-ortho nitro benzene ring substituents is 1. The third-order valence-electron chi connectivity index (χ3n) is 3.72. The number of hydrogen-bond acceptors (Lipinski definition) is 6. The zero-order valence-corrected chi connectivity index (χ0v) is 14.2. The van der Waals surface area contributed by atoms with Gasteiger partial charge in [0.2, 0.25) is 11.8 Å². The highest BCUT2D eigenvalue weighted by Crippen LogP contribution is 2.29. The first-order valence-electron chi connectivity index (χ1n) is 7.81. The van der Waals surface area contributed by atoms with Gasteiger partial charge in [-0.25, -0.2) is 0 Å². The number of nitro benzene ring substituents is 1. The molecule has 1 heterocycles. The van der Waals surface area contributed by atoms with Crippen LogP contribution in [-0.2, 0) is 6.54 Å². The lowest BCUT2D eigenvalue weighted by atomic mass is 10.2. The van der Waals surface area contributed by atoms with Crippen LogP contribution in [0.2, 0.25) is 0 Å². The molecule has 1 N–H and O–H groups in total. The Morgan fingerprint density at radius 3 is 3.00 bits per heavy atom. The lowest BCUT2D eigenvalue weighted by molar-refractivity contribution is -0.384. The van der Waals surface area contributed by atoms with Crippen molar-refractivity contribution in [1.29, 1.82) is 0 Å². The second-order valence-corrected chi connectivity index (χ2v) is 6.03. The van der Waals surface area contributed by atoms with E-state index >= 15 is 0 Å². The highest BCUT2D eigenvalue weighted by molar-refractivity contribution is 7.80. The highest BCUT2D eigenvalue weighted by atomic mass is 32.1. The molecule has 1 saturated carbocycles. The Labute approximate surface area is 149 Å². The second kappa shape index (κ2) is 7.39. The molecular formula is C16H17N5O3S. The van der Waals surface area contributed by atoms with Crippen molar-refractivity contribution in [2.75, 3.05) is 6.54 Å². The predicted molar refractivity (Wildman–Crippen MR) is 95.8 cm³/mol. The van der Waals surface area contributed by atoms with E-state index < -0.39 is 4.92 Å². The molecule has 0 amide bonds. The molecule has 25 heavy (non-hydrogen) atoms. The van der Waals surface area contributed by atoms with Gasteiger partial charge in [0.1, 0.15) is 0 Å². The minimum atomic E-state index is -0.459. The highest BCUT2D eigenvalue weighted by Gasteiger charge is 2.32. The topological polar surface area (TPSA) is 97.3 Å². The van der Waals surface area contributed by atoms with Gasteiger partial charge in [0, 0.05) is 30.3 Å². The average molecular weight is 359 g/mol. The third kappa shape index (κ3) is 4.18. The van der Waals surface area contributed by atoms with Crippen LogP contribution in [-0.4, -0.2) is 37.7 Å². The van der Waals surface area contributed by atoms with Crippen molar-refractivity contribution >= 4 is 23.0 Å². The normalized spacial score (nSPS) is 13.3. The Morgan fingerprint density at radius 2 is 2.32 bits per heavy atom. The molecule has 8 nitrogen and oxygen atoms in total. The number of thiocarbonyl (C=S) groups is 1. The summed E-state index contributed by atoms with van der Waals surface area (Å²) in [5, 5.41) is 22.7. The molecule has 1 fully saturated rings. The largest absolute Gasteiger partial charge is 0.419 e. The third-order valence-corrected chi connectivity index (χ3v) is 4.10. The standard InChI is InChI=1S/C16H17N5O3S/c1-2-8-17-16(25)20(12-6-7-12)10-14-18-19-15(24-14)11-4-3-5-13(9-11)21(22)23/h2-5,9,12H,1,6-8,10H2,(H,17,25). The van der Waals surface area contributed by atoms with Gasteiger partial charge < -0.3 is 14.6 Å². The maximum atomic E-state index is 10.9. The molecule has 0 unspecified atom stereocenters. The lowest BCUT2D eigenvalue weighted by Gasteiger charge is -2.23. The van der Waals surface area contributed by atoms with Gasteiger partial charge in [0.05, 0.1) is 11.5 Å². The molecule has 1 aliphatic carbocycles. The van der Waals surface area contributed by atoms with Crippen LogP contribution in [0, 0.1) is 10.1 Å². The molecular weight excluding hydrogens is 342 g/mol. The summed E-state index contributed by atoms with van der Waals surface area (Å²) in [6.07, 6.45) is 3.88. The monoisotopic (exact) mass is 359 g/mol. The maximum Gasteiger partial charge on any atom is 0.270 e. The van der Waals surface area contributed by atoms with E-state index in [1.165, 1.54) is 12.1 Å². The van der Waals surface area contributed by atoms with Crippen molar-refractivity contribution in [3.63, 3.8) is 0 Å². The van der Waals surface area contributed by atoms with Crippen molar-refractivity contribution in [3.8, 4) is 11.5 Å². The fourth-order valence-electron chi connectivity index (χ4n) is 2.35. The Kier molecular flexibility index (Phi) is 5.03. The van der Waals surface area contributed by atoms with Crippen LogP contribution < -0.4 is 5.32 Å². The molecule has 1 aromatic heterocycles. The van der Waals surface area contributed by atoms with Gasteiger partial charge in [-0.3, -0.25) is 10.1 Å². The van der Waals surface area contributed by atoms with Crippen LogP contribution in [0.25, 0.3) is 11.5 Å². The molecule has 130 valence electrons. The molecule has 1 aliphatic rings. The molecule has 9 heteroatoms. The number of nitrogens with zero attached hydrogens (tertiary/aromatic N) is 4. The van der Waals surface area contributed by atoms with Crippen molar-refractivity contribution in [3.05, 3.63) is 52.9 Å². The van der Waals surface area contributed by atoms with Gasteiger partial charge in [-0.15, -0.1) is 16.8 Å². The molecule has 0 spiro atoms. The quantitative estimate of drug-likeness (QED) is 0.349. The zero-order valence-electron chi connectivity index (χ0n) is 13.4. The summed E-state index contributed by atoms with van der Waals surface area (Å²) >= 11 is 5.40. The molecule has 1 aromatic carbocycles. The van der Waals surface area contributed by atoms with Gasteiger partial charge >= 0.3 is 0 Å². The molecule has 0 atom stereocenters. The van der Waals surface area contributed by atoms with Gasteiger partial charge in [0.25, 0.3) is 5.69 Å². The van der Waals surface area contributed by atoms with E-state index in [-0.39, 0.29) is 11.6 Å². The fourth-order valence-corrected chi connectivity index (χ4v) is 2.64. The zero-order chi connectivity index (χ0) is 17.8. The summed E-state index contributed by atoms with van der Waals surface area (Å²) in [5.41, 5.74) is 0.491. The van der Waals surface area contributed by atoms with Crippen molar-refractivity contribution in [2.24, 2.45) is 0 Å². The van der Waals surface area contributed by atoms with Crippen LogP contribution in [0.5, 0.6) is 0 Å². The van der Waals surface area contributed by atoms with Crippen LogP contribution in [0.4, 0.5) is 5.69 Å². The molecule has 0 radical (unpaired) electrons.